The summed E-state index contributed by atoms with van der Waals surface area (Å²) in [6.45, 7) is 3.91. The van der Waals surface area contributed by atoms with E-state index in [0.29, 0.717) is 12.5 Å². The third-order valence-electron chi connectivity index (χ3n) is 1.95. The van der Waals surface area contributed by atoms with Gasteiger partial charge in [-0.25, -0.2) is 13.1 Å². The molecule has 7 heteroatoms. The Bertz CT molecular complexity index is 303. The molecule has 0 aromatic heterocycles. The van der Waals surface area contributed by atoms with Crippen LogP contribution in [0.4, 0.5) is 0 Å². The van der Waals surface area contributed by atoms with Crippen molar-refractivity contribution in [1.29, 1.82) is 0 Å². The van der Waals surface area contributed by atoms with Gasteiger partial charge in [0.25, 0.3) is 0 Å². The van der Waals surface area contributed by atoms with Crippen molar-refractivity contribution in [3.05, 3.63) is 0 Å². The van der Waals surface area contributed by atoms with E-state index in [2.05, 4.69) is 16.9 Å². The van der Waals surface area contributed by atoms with Gasteiger partial charge in [0, 0.05) is 6.54 Å². The van der Waals surface area contributed by atoms with Gasteiger partial charge in [0.15, 0.2) is 0 Å². The largest absolute Gasteiger partial charge is 0.392 e. The molecule has 2 unspecified atom stereocenters. The zero-order valence-electron chi connectivity index (χ0n) is 9.19. The van der Waals surface area contributed by atoms with Crippen molar-refractivity contribution < 1.29 is 8.42 Å². The standard InChI is InChI=1S/C8H18N2O2S3/c1-6(5-14-3)4-10-15(11,12)7(2)8(9)13/h6-7,10H,4-5H2,1-3H3,(H2,9,13). The maximum atomic E-state index is 11.6. The lowest BCUT2D eigenvalue weighted by atomic mass is 10.2. The number of nitrogens with one attached hydrogen (secondary N) is 1. The van der Waals surface area contributed by atoms with Crippen molar-refractivity contribution in [3.63, 3.8) is 0 Å². The molecule has 0 aliphatic heterocycles. The molecular formula is C8H18N2O2S3. The first-order valence-electron chi connectivity index (χ1n) is 4.58. The zero-order valence-corrected chi connectivity index (χ0v) is 11.6. The third-order valence-corrected chi connectivity index (χ3v) is 5.11. The first kappa shape index (κ1) is 15.2. The predicted octanol–water partition coefficient (Wildman–Crippen LogP) is 0.580. The smallest absolute Gasteiger partial charge is 0.220 e. The number of hydrogen-bond donors (Lipinski definition) is 2. The molecule has 0 radical (unpaired) electrons. The summed E-state index contributed by atoms with van der Waals surface area (Å²) < 4.78 is 25.7. The average Bonchev–Trinajstić information content (AvgIpc) is 2.14. The molecule has 0 aliphatic carbocycles. The van der Waals surface area contributed by atoms with Gasteiger partial charge in [-0.2, -0.15) is 11.8 Å². The molecule has 4 nitrogen and oxygen atoms in total. The first-order valence-corrected chi connectivity index (χ1v) is 7.92. The molecule has 0 spiro atoms. The molecular weight excluding hydrogens is 252 g/mol. The molecule has 0 rings (SSSR count). The Balaban J connectivity index is 4.22. The number of sulfonamides is 1. The summed E-state index contributed by atoms with van der Waals surface area (Å²) in [5, 5.41) is -0.811. The summed E-state index contributed by atoms with van der Waals surface area (Å²) in [5.74, 6) is 1.22. The molecule has 90 valence electrons. The lowest BCUT2D eigenvalue weighted by Crippen LogP contribution is -2.41. The second-order valence-corrected chi connectivity index (χ2v) is 6.97. The van der Waals surface area contributed by atoms with E-state index in [4.69, 9.17) is 5.73 Å². The second-order valence-electron chi connectivity index (χ2n) is 3.50. The summed E-state index contributed by atoms with van der Waals surface area (Å²) in [6.07, 6.45) is 1.99. The van der Waals surface area contributed by atoms with E-state index in [1.54, 1.807) is 11.8 Å². The van der Waals surface area contributed by atoms with Crippen molar-refractivity contribution in [2.75, 3.05) is 18.6 Å². The zero-order chi connectivity index (χ0) is 12.1. The summed E-state index contributed by atoms with van der Waals surface area (Å²) in [5.41, 5.74) is 5.30. The van der Waals surface area contributed by atoms with Crippen LogP contribution >= 0.6 is 24.0 Å². The quantitative estimate of drug-likeness (QED) is 0.662. The molecule has 2 atom stereocenters. The van der Waals surface area contributed by atoms with Crippen LogP contribution in [0, 0.1) is 5.92 Å². The molecule has 0 aromatic rings. The summed E-state index contributed by atoms with van der Waals surface area (Å²) in [6, 6.07) is 0. The Morgan fingerprint density at radius 2 is 2.07 bits per heavy atom. The highest BCUT2D eigenvalue weighted by Gasteiger charge is 2.23. The Morgan fingerprint density at radius 3 is 2.47 bits per heavy atom. The van der Waals surface area contributed by atoms with E-state index < -0.39 is 15.3 Å². The predicted molar refractivity (Wildman–Crippen MR) is 70.7 cm³/mol. The van der Waals surface area contributed by atoms with Gasteiger partial charge < -0.3 is 5.73 Å². The normalized spacial score (nSPS) is 15.9. The minimum absolute atomic E-state index is 0.0000181. The fourth-order valence-electron chi connectivity index (χ4n) is 0.880. The monoisotopic (exact) mass is 270 g/mol. The Morgan fingerprint density at radius 1 is 1.53 bits per heavy atom. The van der Waals surface area contributed by atoms with Gasteiger partial charge >= 0.3 is 0 Å². The van der Waals surface area contributed by atoms with Gasteiger partial charge in [-0.15, -0.1) is 0 Å². The third kappa shape index (κ3) is 5.70. The molecule has 0 saturated carbocycles. The number of thioether (sulfide) groups is 1. The van der Waals surface area contributed by atoms with E-state index in [9.17, 15) is 8.42 Å². The van der Waals surface area contributed by atoms with Crippen molar-refractivity contribution in [2.24, 2.45) is 11.7 Å². The molecule has 0 heterocycles. The van der Waals surface area contributed by atoms with Crippen molar-refractivity contribution in [1.82, 2.24) is 4.72 Å². The van der Waals surface area contributed by atoms with Gasteiger partial charge in [-0.3, -0.25) is 0 Å². The summed E-state index contributed by atoms with van der Waals surface area (Å²) >= 11 is 6.34. The molecule has 0 aromatic carbocycles. The minimum atomic E-state index is -3.40. The second kappa shape index (κ2) is 6.67. The van der Waals surface area contributed by atoms with Gasteiger partial charge in [0.2, 0.25) is 10.0 Å². The summed E-state index contributed by atoms with van der Waals surface area (Å²) in [4.78, 5) is 0.0000181. The van der Waals surface area contributed by atoms with Crippen LogP contribution in [0.15, 0.2) is 0 Å². The van der Waals surface area contributed by atoms with Crippen LogP contribution in [0.5, 0.6) is 0 Å². The van der Waals surface area contributed by atoms with Crippen LogP contribution in [-0.4, -0.2) is 37.2 Å². The van der Waals surface area contributed by atoms with Gasteiger partial charge in [-0.1, -0.05) is 19.1 Å². The van der Waals surface area contributed by atoms with Crippen LogP contribution in [0.25, 0.3) is 0 Å². The van der Waals surface area contributed by atoms with Gasteiger partial charge in [0.05, 0.1) is 4.99 Å². The van der Waals surface area contributed by atoms with Crippen LogP contribution in [0.1, 0.15) is 13.8 Å². The highest BCUT2D eigenvalue weighted by molar-refractivity contribution is 7.98. The van der Waals surface area contributed by atoms with E-state index >= 15 is 0 Å². The lowest BCUT2D eigenvalue weighted by Gasteiger charge is -2.15. The molecule has 0 amide bonds. The van der Waals surface area contributed by atoms with Crippen LogP contribution in [-0.2, 0) is 10.0 Å². The van der Waals surface area contributed by atoms with Gasteiger partial charge in [0.1, 0.15) is 5.25 Å². The molecule has 0 fully saturated rings. The SMILES string of the molecule is CSCC(C)CNS(=O)(=O)C(C)C(N)=S. The van der Waals surface area contributed by atoms with E-state index in [0.717, 1.165) is 5.75 Å². The Kier molecular flexibility index (Phi) is 6.74. The number of rotatable bonds is 7. The lowest BCUT2D eigenvalue weighted by molar-refractivity contribution is 0.560. The number of hydrogen-bond acceptors (Lipinski definition) is 4. The topological polar surface area (TPSA) is 72.2 Å². The molecule has 15 heavy (non-hydrogen) atoms. The average molecular weight is 270 g/mol. The van der Waals surface area contributed by atoms with Crippen LogP contribution < -0.4 is 10.5 Å². The van der Waals surface area contributed by atoms with Crippen LogP contribution in [0.2, 0.25) is 0 Å². The highest BCUT2D eigenvalue weighted by Crippen LogP contribution is 2.05. The molecule has 0 aliphatic rings. The van der Waals surface area contributed by atoms with Crippen LogP contribution in [0.3, 0.4) is 0 Å². The number of thiocarbonyl (C=S) groups is 1. The molecule has 3 N–H and O–H groups in total. The maximum absolute atomic E-state index is 11.6. The summed E-state index contributed by atoms with van der Waals surface area (Å²) in [7, 11) is -3.40. The fourth-order valence-corrected chi connectivity index (χ4v) is 3.02. The van der Waals surface area contributed by atoms with E-state index in [1.165, 1.54) is 6.92 Å². The van der Waals surface area contributed by atoms with Crippen molar-refractivity contribution in [3.8, 4) is 0 Å². The molecule has 0 saturated heterocycles. The minimum Gasteiger partial charge on any atom is -0.392 e. The fraction of sp³-hybridized carbons (Fsp3) is 0.875. The maximum Gasteiger partial charge on any atom is 0.220 e. The molecule has 0 bridgehead atoms. The Labute approximate surface area is 101 Å². The van der Waals surface area contributed by atoms with Crippen molar-refractivity contribution in [2.45, 2.75) is 19.1 Å². The number of nitrogens with two attached hydrogens (primary N) is 1. The van der Waals surface area contributed by atoms with Gasteiger partial charge in [-0.05, 0) is 24.9 Å². The Hall–Kier alpha value is 0.150. The van der Waals surface area contributed by atoms with E-state index in [-0.39, 0.29) is 4.99 Å². The first-order chi connectivity index (χ1) is 6.81. The van der Waals surface area contributed by atoms with E-state index in [1.807, 2.05) is 13.2 Å². The highest BCUT2D eigenvalue weighted by atomic mass is 32.2. The van der Waals surface area contributed by atoms with Crippen molar-refractivity contribution >= 4 is 39.0 Å².